The van der Waals surface area contributed by atoms with Crippen molar-refractivity contribution in [1.29, 1.82) is 0 Å². The summed E-state index contributed by atoms with van der Waals surface area (Å²) >= 11 is 0. The van der Waals surface area contributed by atoms with Crippen LogP contribution in [0.5, 0.6) is 0 Å². The molecule has 0 heterocycles. The lowest BCUT2D eigenvalue weighted by Gasteiger charge is -2.07. The number of amides is 2. The smallest absolute Gasteiger partial charge is 0.227 e. The maximum atomic E-state index is 11.8. The molecular weight excluding hydrogens is 240 g/mol. The molecule has 0 bridgehead atoms. The fraction of sp³-hybridized carbons (Fsp3) is 0.467. The van der Waals surface area contributed by atoms with Crippen molar-refractivity contribution in [3.05, 3.63) is 24.3 Å². The lowest BCUT2D eigenvalue weighted by molar-refractivity contribution is -0.118. The van der Waals surface area contributed by atoms with Crippen LogP contribution in [-0.2, 0) is 9.59 Å². The number of hydrogen-bond donors (Lipinski definition) is 2. The molecule has 19 heavy (non-hydrogen) atoms. The molecule has 2 saturated carbocycles. The third-order valence-corrected chi connectivity index (χ3v) is 3.81. The summed E-state index contributed by atoms with van der Waals surface area (Å²) in [7, 11) is 0. The highest BCUT2D eigenvalue weighted by Gasteiger charge is 2.39. The van der Waals surface area contributed by atoms with Crippen LogP contribution in [0.4, 0.5) is 11.4 Å². The summed E-state index contributed by atoms with van der Waals surface area (Å²) in [5.74, 6) is 1.09. The number of carbonyl (C=O) groups excluding carboxylic acids is 2. The molecule has 100 valence electrons. The maximum Gasteiger partial charge on any atom is 0.227 e. The number of anilines is 2. The zero-order valence-corrected chi connectivity index (χ0v) is 11.0. The summed E-state index contributed by atoms with van der Waals surface area (Å²) in [6.07, 6.45) is 2.99. The van der Waals surface area contributed by atoms with E-state index < -0.39 is 0 Å². The highest BCUT2D eigenvalue weighted by molar-refractivity contribution is 5.96. The second-order valence-corrected chi connectivity index (χ2v) is 5.65. The number of benzene rings is 1. The monoisotopic (exact) mass is 258 g/mol. The van der Waals surface area contributed by atoms with Crippen LogP contribution >= 0.6 is 0 Å². The van der Waals surface area contributed by atoms with Gasteiger partial charge < -0.3 is 10.6 Å². The molecule has 0 aromatic heterocycles. The third-order valence-electron chi connectivity index (χ3n) is 3.81. The standard InChI is InChI=1S/C15H18N2O2/c1-9-8-13(9)15(19)17-12-6-4-11(5-7-12)16-14(18)10-2-3-10/h4-7,9-10,13H,2-3,8H2,1H3,(H,16,18)(H,17,19)/t9-,13-/m0/s1. The van der Waals surface area contributed by atoms with E-state index in [1.54, 1.807) is 0 Å². The molecule has 2 amide bonds. The minimum atomic E-state index is 0.0993. The van der Waals surface area contributed by atoms with Crippen molar-refractivity contribution < 1.29 is 9.59 Å². The topological polar surface area (TPSA) is 58.2 Å². The summed E-state index contributed by atoms with van der Waals surface area (Å²) in [6, 6.07) is 7.30. The molecule has 0 saturated heterocycles. The van der Waals surface area contributed by atoms with E-state index in [1.165, 1.54) is 0 Å². The minimum Gasteiger partial charge on any atom is -0.326 e. The SMILES string of the molecule is C[C@H]1C[C@@H]1C(=O)Nc1ccc(NC(=O)C2CC2)cc1. The van der Waals surface area contributed by atoms with Gasteiger partial charge in [0.2, 0.25) is 11.8 Å². The molecule has 0 unspecified atom stereocenters. The van der Waals surface area contributed by atoms with E-state index in [0.717, 1.165) is 30.6 Å². The van der Waals surface area contributed by atoms with Gasteiger partial charge in [-0.15, -0.1) is 0 Å². The number of rotatable bonds is 4. The van der Waals surface area contributed by atoms with Crippen molar-refractivity contribution >= 4 is 23.2 Å². The van der Waals surface area contributed by atoms with Gasteiger partial charge >= 0.3 is 0 Å². The first-order valence-corrected chi connectivity index (χ1v) is 6.85. The van der Waals surface area contributed by atoms with E-state index in [4.69, 9.17) is 0 Å². The molecule has 3 rings (SSSR count). The van der Waals surface area contributed by atoms with Crippen LogP contribution in [0.1, 0.15) is 26.2 Å². The van der Waals surface area contributed by atoms with Crippen molar-refractivity contribution in [3.63, 3.8) is 0 Å². The minimum absolute atomic E-state index is 0.0993. The largest absolute Gasteiger partial charge is 0.326 e. The summed E-state index contributed by atoms with van der Waals surface area (Å²) in [6.45, 7) is 2.08. The van der Waals surface area contributed by atoms with Crippen LogP contribution in [0, 0.1) is 17.8 Å². The Balaban J connectivity index is 1.55. The molecule has 4 nitrogen and oxygen atoms in total. The van der Waals surface area contributed by atoms with Gasteiger partial charge in [0.25, 0.3) is 0 Å². The molecule has 2 aliphatic rings. The first kappa shape index (κ1) is 12.2. The highest BCUT2D eigenvalue weighted by atomic mass is 16.2. The Morgan fingerprint density at radius 1 is 1.00 bits per heavy atom. The normalized spacial score (nSPS) is 24.7. The van der Waals surface area contributed by atoms with Crippen LogP contribution in [0.25, 0.3) is 0 Å². The molecule has 0 aliphatic heterocycles. The third kappa shape index (κ3) is 2.95. The van der Waals surface area contributed by atoms with Gasteiger partial charge in [-0.25, -0.2) is 0 Å². The Kier molecular flexibility index (Phi) is 3.01. The second-order valence-electron chi connectivity index (χ2n) is 5.65. The first-order valence-electron chi connectivity index (χ1n) is 6.85. The maximum absolute atomic E-state index is 11.8. The summed E-state index contributed by atoms with van der Waals surface area (Å²) < 4.78 is 0. The summed E-state index contributed by atoms with van der Waals surface area (Å²) in [5, 5.41) is 5.77. The highest BCUT2D eigenvalue weighted by Crippen LogP contribution is 2.38. The first-order chi connectivity index (χ1) is 9.13. The van der Waals surface area contributed by atoms with E-state index in [2.05, 4.69) is 17.6 Å². The van der Waals surface area contributed by atoms with Crippen molar-refractivity contribution in [2.24, 2.45) is 17.8 Å². The Morgan fingerprint density at radius 3 is 1.89 bits per heavy atom. The lowest BCUT2D eigenvalue weighted by atomic mass is 10.2. The van der Waals surface area contributed by atoms with Crippen LogP contribution in [0.2, 0.25) is 0 Å². The Bertz CT molecular complexity index is 505. The van der Waals surface area contributed by atoms with Crippen LogP contribution in [0.15, 0.2) is 24.3 Å². The van der Waals surface area contributed by atoms with E-state index in [0.29, 0.717) is 5.92 Å². The lowest BCUT2D eigenvalue weighted by Crippen LogP contribution is -2.15. The fourth-order valence-corrected chi connectivity index (χ4v) is 2.15. The number of nitrogens with one attached hydrogen (secondary N) is 2. The van der Waals surface area contributed by atoms with Crippen molar-refractivity contribution in [2.45, 2.75) is 26.2 Å². The molecule has 2 atom stereocenters. The van der Waals surface area contributed by atoms with Gasteiger partial charge in [0.1, 0.15) is 0 Å². The quantitative estimate of drug-likeness (QED) is 0.872. The van der Waals surface area contributed by atoms with Gasteiger partial charge in [-0.1, -0.05) is 6.92 Å². The van der Waals surface area contributed by atoms with Crippen LogP contribution in [-0.4, -0.2) is 11.8 Å². The second kappa shape index (κ2) is 4.68. The van der Waals surface area contributed by atoms with Gasteiger partial charge in [0.05, 0.1) is 0 Å². The van der Waals surface area contributed by atoms with Crippen molar-refractivity contribution in [2.75, 3.05) is 10.6 Å². The van der Waals surface area contributed by atoms with E-state index in [9.17, 15) is 9.59 Å². The van der Waals surface area contributed by atoms with E-state index >= 15 is 0 Å². The Hall–Kier alpha value is -1.84. The molecule has 1 aromatic carbocycles. The molecular formula is C15H18N2O2. The fourth-order valence-electron chi connectivity index (χ4n) is 2.15. The van der Waals surface area contributed by atoms with Gasteiger partial charge in [0.15, 0.2) is 0 Å². The van der Waals surface area contributed by atoms with Crippen molar-refractivity contribution in [1.82, 2.24) is 0 Å². The zero-order valence-electron chi connectivity index (χ0n) is 11.0. The van der Waals surface area contributed by atoms with Gasteiger partial charge in [-0.3, -0.25) is 9.59 Å². The summed E-state index contributed by atoms with van der Waals surface area (Å²) in [4.78, 5) is 23.4. The van der Waals surface area contributed by atoms with Gasteiger partial charge in [0, 0.05) is 23.2 Å². The van der Waals surface area contributed by atoms with E-state index in [-0.39, 0.29) is 23.7 Å². The molecule has 2 fully saturated rings. The van der Waals surface area contributed by atoms with Crippen molar-refractivity contribution in [3.8, 4) is 0 Å². The molecule has 4 heteroatoms. The molecule has 0 radical (unpaired) electrons. The average Bonchev–Trinajstić information content (AvgIpc) is 3.25. The zero-order chi connectivity index (χ0) is 13.4. The van der Waals surface area contributed by atoms with Crippen LogP contribution < -0.4 is 10.6 Å². The summed E-state index contributed by atoms with van der Waals surface area (Å²) in [5.41, 5.74) is 1.57. The Labute approximate surface area is 112 Å². The molecule has 1 aromatic rings. The predicted molar refractivity (Wildman–Crippen MR) is 73.7 cm³/mol. The predicted octanol–water partition coefficient (Wildman–Crippen LogP) is 2.63. The van der Waals surface area contributed by atoms with E-state index in [1.807, 2.05) is 24.3 Å². The number of hydrogen-bond acceptors (Lipinski definition) is 2. The van der Waals surface area contributed by atoms with Crippen LogP contribution in [0.3, 0.4) is 0 Å². The molecule has 0 spiro atoms. The Morgan fingerprint density at radius 2 is 1.47 bits per heavy atom. The average molecular weight is 258 g/mol. The van der Waals surface area contributed by atoms with Gasteiger partial charge in [-0.05, 0) is 49.4 Å². The number of carbonyl (C=O) groups is 2. The molecule has 2 N–H and O–H groups in total. The van der Waals surface area contributed by atoms with Gasteiger partial charge in [-0.2, -0.15) is 0 Å². The molecule has 2 aliphatic carbocycles.